The van der Waals surface area contributed by atoms with E-state index in [1.165, 1.54) is 36.5 Å². The summed E-state index contributed by atoms with van der Waals surface area (Å²) in [5.74, 6) is 0.184. The van der Waals surface area contributed by atoms with Gasteiger partial charge >= 0.3 is 0 Å². The van der Waals surface area contributed by atoms with Crippen LogP contribution in [-0.2, 0) is 10.0 Å². The third kappa shape index (κ3) is 4.77. The minimum atomic E-state index is -3.77. The molecule has 5 nitrogen and oxygen atoms in total. The van der Waals surface area contributed by atoms with Gasteiger partial charge in [0.2, 0.25) is 0 Å². The van der Waals surface area contributed by atoms with Crippen molar-refractivity contribution < 1.29 is 17.5 Å². The molecular weight excluding hydrogens is 387 g/mol. The summed E-state index contributed by atoms with van der Waals surface area (Å²) in [6.45, 7) is 2.34. The molecular formula is C15H14BrFN2O3S. The second-order valence-electron chi connectivity index (χ2n) is 4.43. The Bertz CT molecular complexity index is 808. The summed E-state index contributed by atoms with van der Waals surface area (Å²) in [6, 6.07) is 10.2. The summed E-state index contributed by atoms with van der Waals surface area (Å²) in [4.78, 5) is 2.17. The molecule has 0 fully saturated rings. The topological polar surface area (TPSA) is 67.8 Å². The molecule has 0 saturated carbocycles. The normalized spacial score (nSPS) is 11.6. The quantitative estimate of drug-likeness (QED) is 0.597. The number of hydrogen-bond acceptors (Lipinski definition) is 4. The molecule has 2 aromatic rings. The number of hydrogen-bond donors (Lipinski definition) is 1. The Morgan fingerprint density at radius 1 is 1.26 bits per heavy atom. The zero-order chi connectivity index (χ0) is 16.9. The molecule has 0 aliphatic rings. The van der Waals surface area contributed by atoms with Crippen LogP contribution in [0, 0.1) is 5.82 Å². The average molecular weight is 401 g/mol. The van der Waals surface area contributed by atoms with Crippen molar-refractivity contribution >= 4 is 32.2 Å². The van der Waals surface area contributed by atoms with Gasteiger partial charge in [-0.3, -0.25) is 0 Å². The molecule has 0 spiro atoms. The molecule has 8 heteroatoms. The van der Waals surface area contributed by atoms with Gasteiger partial charge in [-0.2, -0.15) is 13.5 Å². The smallest absolute Gasteiger partial charge is 0.276 e. The van der Waals surface area contributed by atoms with Crippen LogP contribution in [0.3, 0.4) is 0 Å². The lowest BCUT2D eigenvalue weighted by Crippen LogP contribution is -2.18. The van der Waals surface area contributed by atoms with E-state index in [2.05, 4.69) is 25.9 Å². The van der Waals surface area contributed by atoms with Crippen LogP contribution in [0.1, 0.15) is 12.5 Å². The number of nitrogens with one attached hydrogen (secondary N) is 1. The van der Waals surface area contributed by atoms with Crippen molar-refractivity contribution in [1.82, 2.24) is 4.83 Å². The van der Waals surface area contributed by atoms with Crippen molar-refractivity contribution in [3.05, 3.63) is 58.3 Å². The van der Waals surface area contributed by atoms with Crippen LogP contribution in [0.5, 0.6) is 5.75 Å². The van der Waals surface area contributed by atoms with Crippen LogP contribution >= 0.6 is 15.9 Å². The predicted octanol–water partition coefficient (Wildman–Crippen LogP) is 3.30. The lowest BCUT2D eigenvalue weighted by atomic mass is 10.2. The highest BCUT2D eigenvalue weighted by atomic mass is 79.9. The fourth-order valence-electron chi connectivity index (χ4n) is 1.70. The third-order valence-electron chi connectivity index (χ3n) is 2.78. The van der Waals surface area contributed by atoms with Gasteiger partial charge in [0, 0.05) is 0 Å². The summed E-state index contributed by atoms with van der Waals surface area (Å²) >= 11 is 3.05. The molecule has 0 atom stereocenters. The van der Waals surface area contributed by atoms with E-state index in [1.54, 1.807) is 12.1 Å². The second kappa shape index (κ2) is 7.56. The SMILES string of the molecule is CCOc1ccc(S(=O)(=O)N/N=C\c2ccc(F)c(Br)c2)cc1. The predicted molar refractivity (Wildman–Crippen MR) is 89.6 cm³/mol. The van der Waals surface area contributed by atoms with Crippen LogP contribution in [0.25, 0.3) is 0 Å². The van der Waals surface area contributed by atoms with Gasteiger partial charge in [0.05, 0.1) is 22.2 Å². The van der Waals surface area contributed by atoms with Gasteiger partial charge in [0.25, 0.3) is 10.0 Å². The first-order chi connectivity index (χ1) is 10.9. The molecule has 0 aliphatic carbocycles. The number of rotatable bonds is 6. The molecule has 0 bridgehead atoms. The molecule has 0 amide bonds. The van der Waals surface area contributed by atoms with Crippen molar-refractivity contribution in [3.63, 3.8) is 0 Å². The highest BCUT2D eigenvalue weighted by Crippen LogP contribution is 2.17. The van der Waals surface area contributed by atoms with E-state index in [4.69, 9.17) is 4.74 Å². The summed E-state index contributed by atoms with van der Waals surface area (Å²) in [6.07, 6.45) is 1.29. The molecule has 1 N–H and O–H groups in total. The average Bonchev–Trinajstić information content (AvgIpc) is 2.51. The van der Waals surface area contributed by atoms with Gasteiger partial charge in [-0.15, -0.1) is 0 Å². The van der Waals surface area contributed by atoms with Crippen LogP contribution in [0.15, 0.2) is 56.9 Å². The molecule has 2 aromatic carbocycles. The fraction of sp³-hybridized carbons (Fsp3) is 0.133. The van der Waals surface area contributed by atoms with E-state index < -0.39 is 15.8 Å². The summed E-state index contributed by atoms with van der Waals surface area (Å²) in [7, 11) is -3.77. The molecule has 122 valence electrons. The van der Waals surface area contributed by atoms with Gasteiger partial charge in [-0.25, -0.2) is 9.22 Å². The molecule has 0 aliphatic heterocycles. The first kappa shape index (κ1) is 17.4. The maximum atomic E-state index is 13.1. The Balaban J connectivity index is 2.08. The molecule has 0 aromatic heterocycles. The largest absolute Gasteiger partial charge is 0.494 e. The van der Waals surface area contributed by atoms with Gasteiger partial charge < -0.3 is 4.74 Å². The number of halogens is 2. The Hall–Kier alpha value is -1.93. The van der Waals surface area contributed by atoms with E-state index in [0.717, 1.165) is 0 Å². The minimum Gasteiger partial charge on any atom is -0.494 e. The highest BCUT2D eigenvalue weighted by molar-refractivity contribution is 9.10. The second-order valence-corrected chi connectivity index (χ2v) is 6.95. The Labute approximate surface area is 142 Å². The monoisotopic (exact) mass is 400 g/mol. The van der Waals surface area contributed by atoms with Gasteiger partial charge in [0.1, 0.15) is 11.6 Å². The van der Waals surface area contributed by atoms with Crippen molar-refractivity contribution in [3.8, 4) is 5.75 Å². The summed E-state index contributed by atoms with van der Waals surface area (Å²) < 4.78 is 42.8. The first-order valence-corrected chi connectivity index (χ1v) is 8.93. The number of hydrazone groups is 1. The minimum absolute atomic E-state index is 0.0680. The molecule has 0 radical (unpaired) electrons. The van der Waals surface area contributed by atoms with Crippen molar-refractivity contribution in [2.45, 2.75) is 11.8 Å². The lowest BCUT2D eigenvalue weighted by Gasteiger charge is -2.05. The molecule has 2 rings (SSSR count). The van der Waals surface area contributed by atoms with Gasteiger partial charge in [-0.1, -0.05) is 6.07 Å². The van der Waals surface area contributed by atoms with Crippen molar-refractivity contribution in [1.29, 1.82) is 0 Å². The van der Waals surface area contributed by atoms with Crippen LogP contribution in [0.2, 0.25) is 0 Å². The maximum absolute atomic E-state index is 13.1. The summed E-state index contributed by atoms with van der Waals surface area (Å²) in [5, 5.41) is 3.68. The number of sulfonamides is 1. The Morgan fingerprint density at radius 3 is 2.57 bits per heavy atom. The van der Waals surface area contributed by atoms with Crippen LogP contribution in [0.4, 0.5) is 4.39 Å². The molecule has 0 saturated heterocycles. The van der Waals surface area contributed by atoms with E-state index in [1.807, 2.05) is 6.92 Å². The lowest BCUT2D eigenvalue weighted by molar-refractivity contribution is 0.340. The van der Waals surface area contributed by atoms with Crippen LogP contribution in [-0.4, -0.2) is 21.2 Å². The van der Waals surface area contributed by atoms with Crippen molar-refractivity contribution in [2.24, 2.45) is 5.10 Å². The Morgan fingerprint density at radius 2 is 1.96 bits per heavy atom. The van der Waals surface area contributed by atoms with E-state index in [9.17, 15) is 12.8 Å². The molecule has 0 heterocycles. The third-order valence-corrected chi connectivity index (χ3v) is 4.62. The zero-order valence-electron chi connectivity index (χ0n) is 12.2. The Kier molecular flexibility index (Phi) is 5.73. The van der Waals surface area contributed by atoms with E-state index in [-0.39, 0.29) is 9.37 Å². The molecule has 23 heavy (non-hydrogen) atoms. The van der Waals surface area contributed by atoms with E-state index >= 15 is 0 Å². The van der Waals surface area contributed by atoms with E-state index in [0.29, 0.717) is 17.9 Å². The molecule has 0 unspecified atom stereocenters. The van der Waals surface area contributed by atoms with Gasteiger partial charge in [-0.05, 0) is 64.8 Å². The standard InChI is InChI=1S/C15H14BrFN2O3S/c1-2-22-12-4-6-13(7-5-12)23(20,21)19-18-10-11-3-8-15(17)14(16)9-11/h3-10,19H,2H2,1H3/b18-10-. The maximum Gasteiger partial charge on any atom is 0.276 e. The highest BCUT2D eigenvalue weighted by Gasteiger charge is 2.12. The zero-order valence-corrected chi connectivity index (χ0v) is 14.6. The first-order valence-electron chi connectivity index (χ1n) is 6.65. The number of ether oxygens (including phenoxy) is 1. The number of nitrogens with zero attached hydrogens (tertiary/aromatic N) is 1. The van der Waals surface area contributed by atoms with Crippen LogP contribution < -0.4 is 9.57 Å². The van der Waals surface area contributed by atoms with Crippen molar-refractivity contribution in [2.75, 3.05) is 6.61 Å². The summed E-state index contributed by atoms with van der Waals surface area (Å²) in [5.41, 5.74) is 0.549. The fourth-order valence-corrected chi connectivity index (χ4v) is 2.89. The number of benzene rings is 2. The van der Waals surface area contributed by atoms with Gasteiger partial charge in [0.15, 0.2) is 0 Å².